The molecule has 8 heteroatoms. The lowest BCUT2D eigenvalue weighted by Crippen LogP contribution is -2.32. The number of thioether (sulfide) groups is 1. The Kier molecular flexibility index (Phi) is 6.44. The summed E-state index contributed by atoms with van der Waals surface area (Å²) in [6.45, 7) is 1.18. The van der Waals surface area contributed by atoms with E-state index in [2.05, 4.69) is 21.9 Å². The molecule has 2 aliphatic rings. The highest BCUT2D eigenvalue weighted by Gasteiger charge is 2.27. The fourth-order valence-electron chi connectivity index (χ4n) is 3.60. The number of aliphatic hydroxyl groups is 1. The molecule has 3 N–H and O–H groups in total. The number of hydrogen-bond acceptors (Lipinski definition) is 7. The summed E-state index contributed by atoms with van der Waals surface area (Å²) in [6, 6.07) is 11.7. The van der Waals surface area contributed by atoms with Crippen LogP contribution in [0.2, 0.25) is 0 Å². The summed E-state index contributed by atoms with van der Waals surface area (Å²) >= 11 is 1.52. The maximum atomic E-state index is 13.0. The second-order valence-corrected chi connectivity index (χ2v) is 8.39. The van der Waals surface area contributed by atoms with E-state index in [4.69, 9.17) is 9.47 Å². The molecule has 158 valence electrons. The van der Waals surface area contributed by atoms with Gasteiger partial charge in [-0.15, -0.1) is 11.8 Å². The summed E-state index contributed by atoms with van der Waals surface area (Å²) in [4.78, 5) is 13.9. The van der Waals surface area contributed by atoms with Gasteiger partial charge < -0.3 is 25.3 Å². The van der Waals surface area contributed by atoms with Crippen molar-refractivity contribution >= 4 is 29.6 Å². The first-order valence-corrected chi connectivity index (χ1v) is 10.9. The van der Waals surface area contributed by atoms with Crippen LogP contribution < -0.4 is 20.2 Å². The molecule has 2 aromatic carbocycles. The summed E-state index contributed by atoms with van der Waals surface area (Å²) in [5, 5.41) is 16.4. The zero-order valence-corrected chi connectivity index (χ0v) is 17.6. The number of ether oxygens (including phenoxy) is 2. The number of amides is 1. The first-order valence-electron chi connectivity index (χ1n) is 9.92. The first kappa shape index (κ1) is 20.6. The van der Waals surface area contributed by atoms with E-state index in [1.165, 1.54) is 11.8 Å². The number of methoxy groups -OCH3 is 1. The molecule has 0 aliphatic carbocycles. The molecule has 2 atom stereocenters. The van der Waals surface area contributed by atoms with Crippen LogP contribution >= 0.6 is 11.8 Å². The van der Waals surface area contributed by atoms with Crippen molar-refractivity contribution in [3.8, 4) is 11.5 Å². The van der Waals surface area contributed by atoms with Crippen LogP contribution in [0.5, 0.6) is 11.5 Å². The number of benzene rings is 2. The van der Waals surface area contributed by atoms with Gasteiger partial charge in [-0.3, -0.25) is 4.79 Å². The molecule has 0 fully saturated rings. The van der Waals surface area contributed by atoms with Crippen LogP contribution in [0.1, 0.15) is 17.0 Å². The molecule has 2 heterocycles. The lowest BCUT2D eigenvalue weighted by molar-refractivity contribution is -0.121. The highest BCUT2D eigenvalue weighted by atomic mass is 32.2. The first-order chi connectivity index (χ1) is 14.7. The number of hydrazone groups is 1. The van der Waals surface area contributed by atoms with Crippen molar-refractivity contribution in [1.29, 1.82) is 0 Å². The van der Waals surface area contributed by atoms with Gasteiger partial charge in [0.05, 0.1) is 25.3 Å². The third-order valence-electron chi connectivity index (χ3n) is 5.24. The van der Waals surface area contributed by atoms with Gasteiger partial charge in [-0.25, -0.2) is 0 Å². The van der Waals surface area contributed by atoms with Gasteiger partial charge in [0.15, 0.2) is 0 Å². The number of carbonyl (C=O) groups is 1. The highest BCUT2D eigenvalue weighted by Crippen LogP contribution is 2.34. The fraction of sp³-hybridized carbons (Fsp3) is 0.364. The molecular weight excluding hydrogens is 402 g/mol. The number of carbonyl (C=O) groups excluding carboxylic acids is 1. The molecule has 7 nitrogen and oxygen atoms in total. The van der Waals surface area contributed by atoms with Crippen LogP contribution in [0, 0.1) is 5.92 Å². The highest BCUT2D eigenvalue weighted by molar-refractivity contribution is 7.99. The number of nitrogens with one attached hydrogen (secondary N) is 2. The van der Waals surface area contributed by atoms with E-state index in [1.807, 2.05) is 36.5 Å². The van der Waals surface area contributed by atoms with E-state index in [0.717, 1.165) is 39.8 Å². The quantitative estimate of drug-likeness (QED) is 0.589. The molecule has 0 spiro atoms. The SMILES string of the molecule is COc1ccc2c(c1)CC(C(=O)Nc1ccc(C3C=NNC3)cc1SCCO)CO2. The van der Waals surface area contributed by atoms with E-state index < -0.39 is 0 Å². The van der Waals surface area contributed by atoms with Crippen molar-refractivity contribution in [2.24, 2.45) is 11.0 Å². The normalized spacial score (nSPS) is 19.5. The third-order valence-corrected chi connectivity index (χ3v) is 6.28. The Morgan fingerprint density at radius 2 is 2.27 bits per heavy atom. The minimum absolute atomic E-state index is 0.0732. The zero-order chi connectivity index (χ0) is 20.9. The monoisotopic (exact) mass is 427 g/mol. The van der Waals surface area contributed by atoms with Crippen molar-refractivity contribution in [3.05, 3.63) is 47.5 Å². The van der Waals surface area contributed by atoms with Crippen molar-refractivity contribution in [2.75, 3.05) is 37.9 Å². The molecule has 2 aliphatic heterocycles. The van der Waals surface area contributed by atoms with Crippen LogP contribution in [0.4, 0.5) is 5.69 Å². The van der Waals surface area contributed by atoms with Crippen molar-refractivity contribution in [1.82, 2.24) is 5.43 Å². The number of aliphatic hydroxyl groups excluding tert-OH is 1. The maximum Gasteiger partial charge on any atom is 0.231 e. The van der Waals surface area contributed by atoms with Gasteiger partial charge in [-0.1, -0.05) is 6.07 Å². The van der Waals surface area contributed by atoms with E-state index in [-0.39, 0.29) is 24.3 Å². The Bertz CT molecular complexity index is 950. The minimum Gasteiger partial charge on any atom is -0.497 e. The van der Waals surface area contributed by atoms with Crippen molar-refractivity contribution in [2.45, 2.75) is 17.2 Å². The summed E-state index contributed by atoms with van der Waals surface area (Å²) in [5.41, 5.74) is 5.82. The number of rotatable bonds is 7. The van der Waals surface area contributed by atoms with Gasteiger partial charge >= 0.3 is 0 Å². The minimum atomic E-state index is -0.286. The van der Waals surface area contributed by atoms with Crippen LogP contribution in [0.25, 0.3) is 0 Å². The molecule has 30 heavy (non-hydrogen) atoms. The molecule has 0 radical (unpaired) electrons. The van der Waals surface area contributed by atoms with Gasteiger partial charge in [0, 0.05) is 29.3 Å². The number of anilines is 1. The standard InChI is InChI=1S/C22H25N3O4S/c1-28-18-3-5-20-15(9-18)8-16(13-29-20)22(27)25-19-4-2-14(17-11-23-24-12-17)10-21(19)30-7-6-26/h2-5,9-11,16-17,24,26H,6-8,12-13H2,1H3,(H,25,27). The van der Waals surface area contributed by atoms with Crippen LogP contribution in [0.3, 0.4) is 0 Å². The summed E-state index contributed by atoms with van der Waals surface area (Å²) < 4.78 is 11.1. The molecule has 1 amide bonds. The largest absolute Gasteiger partial charge is 0.497 e. The van der Waals surface area contributed by atoms with Crippen molar-refractivity contribution in [3.63, 3.8) is 0 Å². The Labute approximate surface area is 179 Å². The van der Waals surface area contributed by atoms with Gasteiger partial charge in [-0.05, 0) is 47.9 Å². The number of nitrogens with zero attached hydrogens (tertiary/aromatic N) is 1. The van der Waals surface area contributed by atoms with E-state index >= 15 is 0 Å². The Morgan fingerprint density at radius 1 is 1.37 bits per heavy atom. The van der Waals surface area contributed by atoms with E-state index in [0.29, 0.717) is 18.8 Å². The zero-order valence-electron chi connectivity index (χ0n) is 16.8. The molecule has 0 aromatic heterocycles. The van der Waals surface area contributed by atoms with Gasteiger partial charge in [-0.2, -0.15) is 5.10 Å². The summed E-state index contributed by atoms with van der Waals surface area (Å²) in [5.74, 6) is 1.96. The molecule has 2 unspecified atom stereocenters. The predicted octanol–water partition coefficient (Wildman–Crippen LogP) is 2.64. The van der Waals surface area contributed by atoms with E-state index in [1.54, 1.807) is 7.11 Å². The van der Waals surface area contributed by atoms with Crippen LogP contribution in [-0.2, 0) is 11.2 Å². The topological polar surface area (TPSA) is 92.2 Å². The van der Waals surface area contributed by atoms with Crippen LogP contribution in [0.15, 0.2) is 46.4 Å². The molecule has 0 saturated heterocycles. The smallest absolute Gasteiger partial charge is 0.231 e. The molecular formula is C22H25N3O4S. The molecule has 2 aromatic rings. The Morgan fingerprint density at radius 3 is 3.03 bits per heavy atom. The van der Waals surface area contributed by atoms with E-state index in [9.17, 15) is 9.90 Å². The van der Waals surface area contributed by atoms with Gasteiger partial charge in [0.1, 0.15) is 18.1 Å². The average Bonchev–Trinajstić information content (AvgIpc) is 3.32. The maximum absolute atomic E-state index is 13.0. The van der Waals surface area contributed by atoms with Crippen LogP contribution in [-0.4, -0.2) is 49.8 Å². The second-order valence-electron chi connectivity index (χ2n) is 7.25. The number of hydrogen-bond donors (Lipinski definition) is 3. The third kappa shape index (κ3) is 4.55. The summed E-state index contributed by atoms with van der Waals surface area (Å²) in [7, 11) is 1.62. The van der Waals surface area contributed by atoms with Gasteiger partial charge in [0.25, 0.3) is 0 Å². The van der Waals surface area contributed by atoms with Crippen molar-refractivity contribution < 1.29 is 19.4 Å². The molecule has 0 saturated carbocycles. The lowest BCUT2D eigenvalue weighted by atomic mass is 9.95. The molecule has 4 rings (SSSR count). The Hall–Kier alpha value is -2.71. The molecule has 0 bridgehead atoms. The second kappa shape index (κ2) is 9.40. The summed E-state index contributed by atoms with van der Waals surface area (Å²) in [6.07, 6.45) is 2.49. The number of fused-ring (bicyclic) bond motifs is 1. The Balaban J connectivity index is 1.49. The fourth-order valence-corrected chi connectivity index (χ4v) is 4.40. The lowest BCUT2D eigenvalue weighted by Gasteiger charge is -2.25. The van der Waals surface area contributed by atoms with Gasteiger partial charge in [0.2, 0.25) is 5.91 Å². The predicted molar refractivity (Wildman–Crippen MR) is 118 cm³/mol. The average molecular weight is 428 g/mol.